The van der Waals surface area contributed by atoms with Gasteiger partial charge in [-0.25, -0.2) is 9.78 Å². The molecule has 1 heterocycles. The van der Waals surface area contributed by atoms with Crippen LogP contribution in [0.5, 0.6) is 0 Å². The first-order chi connectivity index (χ1) is 10.8. The van der Waals surface area contributed by atoms with Crippen LogP contribution in [0.2, 0.25) is 0 Å². The van der Waals surface area contributed by atoms with Crippen LogP contribution in [0, 0.1) is 0 Å². The zero-order valence-electron chi connectivity index (χ0n) is 14.4. The maximum atomic E-state index is 12.0. The zero-order chi connectivity index (χ0) is 17.3. The van der Waals surface area contributed by atoms with Gasteiger partial charge in [-0.05, 0) is 52.7 Å². The number of carbonyl (C=O) groups is 2. The molecule has 0 aliphatic carbocycles. The van der Waals surface area contributed by atoms with Gasteiger partial charge in [-0.2, -0.15) is 0 Å². The number of amides is 1. The lowest BCUT2D eigenvalue weighted by Gasteiger charge is -2.19. The van der Waals surface area contributed by atoms with Gasteiger partial charge in [0.05, 0.1) is 0 Å². The number of aromatic nitrogens is 1. The molecule has 1 aromatic rings. The largest absolute Gasteiger partial charge is 0.444 e. The van der Waals surface area contributed by atoms with Gasteiger partial charge in [-0.15, -0.1) is 0 Å². The predicted octanol–water partition coefficient (Wildman–Crippen LogP) is 3.39. The lowest BCUT2D eigenvalue weighted by atomic mass is 10.1. The van der Waals surface area contributed by atoms with Crippen molar-refractivity contribution in [3.8, 4) is 0 Å². The number of ether oxygens (including phenoxy) is 1. The van der Waals surface area contributed by atoms with Gasteiger partial charge in [0.1, 0.15) is 11.4 Å². The van der Waals surface area contributed by atoms with E-state index in [1.807, 2.05) is 27.7 Å². The number of nitrogens with one attached hydrogen (secondary N) is 2. The van der Waals surface area contributed by atoms with Crippen molar-refractivity contribution in [3.05, 3.63) is 23.9 Å². The lowest BCUT2D eigenvalue weighted by molar-refractivity contribution is 0.0527. The Hall–Kier alpha value is -2.11. The number of ketones is 1. The van der Waals surface area contributed by atoms with E-state index in [2.05, 4.69) is 15.6 Å². The number of carbonyl (C=O) groups excluding carboxylic acids is 2. The summed E-state index contributed by atoms with van der Waals surface area (Å²) < 4.78 is 5.13. The molecule has 6 nitrogen and oxygen atoms in total. The van der Waals surface area contributed by atoms with Crippen LogP contribution in [-0.4, -0.2) is 35.6 Å². The molecule has 0 atom stereocenters. The van der Waals surface area contributed by atoms with Gasteiger partial charge in [-0.1, -0.05) is 0 Å². The van der Waals surface area contributed by atoms with Gasteiger partial charge in [-0.3, -0.25) is 4.79 Å². The summed E-state index contributed by atoms with van der Waals surface area (Å²) in [5.74, 6) is 0.837. The second-order valence-corrected chi connectivity index (χ2v) is 6.27. The number of rotatable bonds is 8. The fourth-order valence-corrected chi connectivity index (χ4v) is 1.90. The van der Waals surface area contributed by atoms with Crippen molar-refractivity contribution in [1.82, 2.24) is 10.3 Å². The Kier molecular flexibility index (Phi) is 7.51. The smallest absolute Gasteiger partial charge is 0.407 e. The van der Waals surface area contributed by atoms with E-state index in [0.717, 1.165) is 18.8 Å². The molecule has 0 spiro atoms. The van der Waals surface area contributed by atoms with E-state index < -0.39 is 11.7 Å². The molecule has 0 bridgehead atoms. The SMILES string of the molecule is CCNc1ccc(C(=O)CCCCNC(=O)OC(C)(C)C)cn1. The summed E-state index contributed by atoms with van der Waals surface area (Å²) >= 11 is 0. The number of unbranched alkanes of at least 4 members (excludes halogenated alkanes) is 1. The molecule has 2 N–H and O–H groups in total. The average molecular weight is 321 g/mol. The Bertz CT molecular complexity index is 507. The zero-order valence-corrected chi connectivity index (χ0v) is 14.4. The molecule has 128 valence electrons. The molecule has 0 fully saturated rings. The third-order valence-corrected chi connectivity index (χ3v) is 2.94. The fourth-order valence-electron chi connectivity index (χ4n) is 1.90. The highest BCUT2D eigenvalue weighted by Crippen LogP contribution is 2.09. The van der Waals surface area contributed by atoms with Crippen LogP contribution in [0.1, 0.15) is 57.3 Å². The Morgan fingerprint density at radius 1 is 1.22 bits per heavy atom. The maximum Gasteiger partial charge on any atom is 0.407 e. The highest BCUT2D eigenvalue weighted by atomic mass is 16.6. The molecule has 1 rings (SSSR count). The number of anilines is 1. The molecule has 0 saturated carbocycles. The van der Waals surface area contributed by atoms with Gasteiger partial charge in [0.15, 0.2) is 5.78 Å². The van der Waals surface area contributed by atoms with Crippen molar-refractivity contribution >= 4 is 17.7 Å². The van der Waals surface area contributed by atoms with Crippen LogP contribution >= 0.6 is 0 Å². The van der Waals surface area contributed by atoms with E-state index >= 15 is 0 Å². The van der Waals surface area contributed by atoms with Crippen LogP contribution in [0.15, 0.2) is 18.3 Å². The number of pyridine rings is 1. The highest BCUT2D eigenvalue weighted by molar-refractivity contribution is 5.95. The number of nitrogens with zero attached hydrogens (tertiary/aromatic N) is 1. The van der Waals surface area contributed by atoms with E-state index in [1.54, 1.807) is 18.3 Å². The van der Waals surface area contributed by atoms with E-state index in [1.165, 1.54) is 0 Å². The van der Waals surface area contributed by atoms with Gasteiger partial charge in [0, 0.05) is 31.3 Å². The van der Waals surface area contributed by atoms with E-state index in [4.69, 9.17) is 4.74 Å². The standard InChI is InChI=1S/C17H27N3O3/c1-5-18-15-10-9-13(12-20-15)14(21)8-6-7-11-19-16(22)23-17(2,3)4/h9-10,12H,5-8,11H2,1-4H3,(H,18,20)(H,19,22). The van der Waals surface area contributed by atoms with Crippen LogP contribution in [-0.2, 0) is 4.74 Å². The normalized spacial score (nSPS) is 11.0. The minimum Gasteiger partial charge on any atom is -0.444 e. The summed E-state index contributed by atoms with van der Waals surface area (Å²) in [6.45, 7) is 8.75. The summed E-state index contributed by atoms with van der Waals surface area (Å²) in [6, 6.07) is 3.59. The summed E-state index contributed by atoms with van der Waals surface area (Å²) in [4.78, 5) is 27.7. The van der Waals surface area contributed by atoms with Crippen LogP contribution in [0.4, 0.5) is 10.6 Å². The topological polar surface area (TPSA) is 80.3 Å². The van der Waals surface area contributed by atoms with Gasteiger partial charge >= 0.3 is 6.09 Å². The van der Waals surface area contributed by atoms with Gasteiger partial charge in [0.2, 0.25) is 0 Å². The first kappa shape index (κ1) is 18.9. The fraction of sp³-hybridized carbons (Fsp3) is 0.588. The van der Waals surface area contributed by atoms with Crippen molar-refractivity contribution < 1.29 is 14.3 Å². The van der Waals surface area contributed by atoms with Crippen molar-refractivity contribution in [2.45, 2.75) is 52.6 Å². The molecular formula is C17H27N3O3. The molecule has 0 saturated heterocycles. The average Bonchev–Trinajstić information content (AvgIpc) is 2.46. The predicted molar refractivity (Wildman–Crippen MR) is 90.8 cm³/mol. The van der Waals surface area contributed by atoms with E-state index in [-0.39, 0.29) is 5.78 Å². The lowest BCUT2D eigenvalue weighted by Crippen LogP contribution is -2.33. The van der Waals surface area contributed by atoms with Gasteiger partial charge in [0.25, 0.3) is 0 Å². The van der Waals surface area contributed by atoms with Crippen molar-refractivity contribution in [3.63, 3.8) is 0 Å². The molecule has 0 aliphatic heterocycles. The first-order valence-electron chi connectivity index (χ1n) is 8.02. The number of Topliss-reactive ketones (excluding diaryl/α,β-unsaturated/α-hetero) is 1. The molecule has 0 radical (unpaired) electrons. The number of hydrogen-bond acceptors (Lipinski definition) is 5. The molecule has 1 amide bonds. The molecule has 23 heavy (non-hydrogen) atoms. The van der Waals surface area contributed by atoms with Crippen LogP contribution < -0.4 is 10.6 Å². The van der Waals surface area contributed by atoms with E-state index in [0.29, 0.717) is 24.9 Å². The highest BCUT2D eigenvalue weighted by Gasteiger charge is 2.15. The van der Waals surface area contributed by atoms with E-state index in [9.17, 15) is 9.59 Å². The second-order valence-electron chi connectivity index (χ2n) is 6.27. The maximum absolute atomic E-state index is 12.0. The van der Waals surface area contributed by atoms with Crippen molar-refractivity contribution in [2.24, 2.45) is 0 Å². The van der Waals surface area contributed by atoms with Crippen molar-refractivity contribution in [1.29, 1.82) is 0 Å². The minimum absolute atomic E-state index is 0.0674. The second kappa shape index (κ2) is 9.12. The Labute approximate surface area is 138 Å². The number of alkyl carbamates (subject to hydrolysis) is 1. The number of hydrogen-bond donors (Lipinski definition) is 2. The Morgan fingerprint density at radius 3 is 2.52 bits per heavy atom. The molecular weight excluding hydrogens is 294 g/mol. The van der Waals surface area contributed by atoms with Crippen LogP contribution in [0.25, 0.3) is 0 Å². The third kappa shape index (κ3) is 8.18. The molecule has 6 heteroatoms. The molecule has 0 unspecified atom stereocenters. The monoisotopic (exact) mass is 321 g/mol. The molecule has 1 aromatic heterocycles. The summed E-state index contributed by atoms with van der Waals surface area (Å²) in [6.07, 6.45) is 3.06. The quantitative estimate of drug-likeness (QED) is 0.566. The Balaban J connectivity index is 2.22. The third-order valence-electron chi connectivity index (χ3n) is 2.94. The Morgan fingerprint density at radius 2 is 1.96 bits per heavy atom. The van der Waals surface area contributed by atoms with Gasteiger partial charge < -0.3 is 15.4 Å². The summed E-state index contributed by atoms with van der Waals surface area (Å²) in [5.41, 5.74) is 0.123. The van der Waals surface area contributed by atoms with Crippen LogP contribution in [0.3, 0.4) is 0 Å². The molecule has 0 aliphatic rings. The summed E-state index contributed by atoms with van der Waals surface area (Å²) in [5, 5.41) is 5.77. The first-order valence-corrected chi connectivity index (χ1v) is 8.02. The summed E-state index contributed by atoms with van der Waals surface area (Å²) in [7, 11) is 0. The van der Waals surface area contributed by atoms with Crippen molar-refractivity contribution in [2.75, 3.05) is 18.4 Å². The minimum atomic E-state index is -0.494. The molecule has 0 aromatic carbocycles.